The first kappa shape index (κ1) is 10.6. The second-order valence-electron chi connectivity index (χ2n) is 4.84. The van der Waals surface area contributed by atoms with Gasteiger partial charge in [-0.3, -0.25) is 4.99 Å². The summed E-state index contributed by atoms with van der Waals surface area (Å²) in [6, 6.07) is 19.0. The van der Waals surface area contributed by atoms with E-state index in [9.17, 15) is 0 Å². The normalized spacial score (nSPS) is 16.5. The van der Waals surface area contributed by atoms with Gasteiger partial charge < -0.3 is 4.90 Å². The second-order valence-corrected chi connectivity index (χ2v) is 4.84. The van der Waals surface area contributed by atoms with Gasteiger partial charge in [0.05, 0.1) is 12.2 Å². The lowest BCUT2D eigenvalue weighted by atomic mass is 9.97. The average molecular weight is 246 g/mol. The Kier molecular flexibility index (Phi) is 2.27. The number of hydrogen-bond donors (Lipinski definition) is 0. The molecular formula is C17H14N2. The Hall–Kier alpha value is -2.35. The van der Waals surface area contributed by atoms with Gasteiger partial charge in [-0.25, -0.2) is 0 Å². The van der Waals surface area contributed by atoms with Crippen LogP contribution in [0.25, 0.3) is 11.8 Å². The lowest BCUT2D eigenvalue weighted by Crippen LogP contribution is -2.30. The van der Waals surface area contributed by atoms with Crippen LogP contribution in [0.5, 0.6) is 0 Å². The van der Waals surface area contributed by atoms with Gasteiger partial charge in [0.25, 0.3) is 0 Å². The molecule has 2 heteroatoms. The Morgan fingerprint density at radius 1 is 0.895 bits per heavy atom. The van der Waals surface area contributed by atoms with Gasteiger partial charge >= 0.3 is 0 Å². The summed E-state index contributed by atoms with van der Waals surface area (Å²) in [6.07, 6.45) is 2.27. The molecule has 0 aromatic heterocycles. The van der Waals surface area contributed by atoms with Gasteiger partial charge in [0.15, 0.2) is 0 Å². The zero-order valence-electron chi connectivity index (χ0n) is 10.6. The quantitative estimate of drug-likeness (QED) is 0.754. The van der Waals surface area contributed by atoms with Crippen molar-refractivity contribution in [2.75, 3.05) is 13.1 Å². The number of aliphatic imine (C=N–C) groups is 1. The molecule has 2 heterocycles. The Morgan fingerprint density at radius 2 is 1.68 bits per heavy atom. The molecular weight excluding hydrogens is 232 g/mol. The van der Waals surface area contributed by atoms with Gasteiger partial charge in [-0.1, -0.05) is 54.6 Å². The maximum atomic E-state index is 4.68. The van der Waals surface area contributed by atoms with Crippen LogP contribution in [0.2, 0.25) is 0 Å². The molecule has 0 bridgehead atoms. The van der Waals surface area contributed by atoms with E-state index in [-0.39, 0.29) is 0 Å². The smallest absolute Gasteiger partial charge is 0.136 e. The third kappa shape index (κ3) is 1.60. The lowest BCUT2D eigenvalue weighted by molar-refractivity contribution is 0.638. The summed E-state index contributed by atoms with van der Waals surface area (Å²) in [6.45, 7) is 1.86. The molecule has 92 valence electrons. The molecule has 0 fully saturated rings. The van der Waals surface area contributed by atoms with E-state index in [0.717, 1.165) is 18.9 Å². The van der Waals surface area contributed by atoms with E-state index >= 15 is 0 Å². The number of hydrogen-bond acceptors (Lipinski definition) is 2. The molecule has 2 aliphatic heterocycles. The van der Waals surface area contributed by atoms with Crippen molar-refractivity contribution < 1.29 is 0 Å². The van der Waals surface area contributed by atoms with E-state index in [1.165, 1.54) is 22.4 Å². The van der Waals surface area contributed by atoms with E-state index in [2.05, 4.69) is 70.6 Å². The molecule has 0 aliphatic carbocycles. The highest BCUT2D eigenvalue weighted by molar-refractivity contribution is 6.12. The summed E-state index contributed by atoms with van der Waals surface area (Å²) in [5.41, 5.74) is 5.03. The van der Waals surface area contributed by atoms with E-state index in [1.807, 2.05) is 0 Å². The molecule has 19 heavy (non-hydrogen) atoms. The molecule has 0 N–H and O–H groups in total. The SMILES string of the molecule is C1=C(c2ccccc2)N2CCN=C2c2ccccc21. The highest BCUT2D eigenvalue weighted by Gasteiger charge is 2.27. The van der Waals surface area contributed by atoms with Crippen molar-refractivity contribution >= 4 is 17.6 Å². The van der Waals surface area contributed by atoms with Gasteiger partial charge in [-0.15, -0.1) is 0 Å². The van der Waals surface area contributed by atoms with Crippen molar-refractivity contribution in [1.82, 2.24) is 4.90 Å². The molecule has 0 spiro atoms. The largest absolute Gasteiger partial charge is 0.324 e. The van der Waals surface area contributed by atoms with Crippen molar-refractivity contribution in [2.45, 2.75) is 0 Å². The van der Waals surface area contributed by atoms with E-state index in [4.69, 9.17) is 0 Å². The predicted octanol–water partition coefficient (Wildman–Crippen LogP) is 3.26. The lowest BCUT2D eigenvalue weighted by Gasteiger charge is -2.29. The van der Waals surface area contributed by atoms with Gasteiger partial charge in [0.1, 0.15) is 5.84 Å². The molecule has 0 unspecified atom stereocenters. The van der Waals surface area contributed by atoms with Gasteiger partial charge in [-0.2, -0.15) is 0 Å². The van der Waals surface area contributed by atoms with Crippen molar-refractivity contribution in [1.29, 1.82) is 0 Å². The predicted molar refractivity (Wildman–Crippen MR) is 78.9 cm³/mol. The molecule has 2 aliphatic rings. The average Bonchev–Trinajstić information content (AvgIpc) is 2.97. The van der Waals surface area contributed by atoms with Crippen LogP contribution in [0.4, 0.5) is 0 Å². The summed E-state index contributed by atoms with van der Waals surface area (Å²) in [4.78, 5) is 7.01. The van der Waals surface area contributed by atoms with Crippen molar-refractivity contribution in [3.8, 4) is 0 Å². The monoisotopic (exact) mass is 246 g/mol. The van der Waals surface area contributed by atoms with Crippen LogP contribution in [0.1, 0.15) is 16.7 Å². The van der Waals surface area contributed by atoms with Crippen LogP contribution < -0.4 is 0 Å². The molecule has 2 aromatic rings. The zero-order chi connectivity index (χ0) is 12.7. The maximum Gasteiger partial charge on any atom is 0.136 e. The third-order valence-electron chi connectivity index (χ3n) is 3.70. The third-order valence-corrected chi connectivity index (χ3v) is 3.70. The number of benzene rings is 2. The molecule has 0 radical (unpaired) electrons. The molecule has 0 amide bonds. The van der Waals surface area contributed by atoms with E-state index in [1.54, 1.807) is 0 Å². The molecule has 0 atom stereocenters. The van der Waals surface area contributed by atoms with Crippen LogP contribution in [-0.2, 0) is 0 Å². The first-order valence-corrected chi connectivity index (χ1v) is 6.62. The second kappa shape index (κ2) is 4.09. The van der Waals surface area contributed by atoms with Gasteiger partial charge in [0.2, 0.25) is 0 Å². The zero-order valence-corrected chi connectivity index (χ0v) is 10.6. The summed E-state index contributed by atoms with van der Waals surface area (Å²) >= 11 is 0. The summed E-state index contributed by atoms with van der Waals surface area (Å²) in [5.74, 6) is 1.12. The first-order chi connectivity index (χ1) is 9.43. The van der Waals surface area contributed by atoms with Crippen molar-refractivity contribution in [3.05, 3.63) is 71.3 Å². The minimum absolute atomic E-state index is 0.883. The Balaban J connectivity index is 1.93. The molecule has 0 saturated carbocycles. The summed E-state index contributed by atoms with van der Waals surface area (Å²) < 4.78 is 0. The standard InChI is InChI=1S/C17H14N2/c1-2-6-13(7-3-1)16-12-14-8-4-5-9-15(14)17-18-10-11-19(16)17/h1-9,12H,10-11H2. The van der Waals surface area contributed by atoms with Crippen LogP contribution >= 0.6 is 0 Å². The topological polar surface area (TPSA) is 15.6 Å². The summed E-state index contributed by atoms with van der Waals surface area (Å²) in [7, 11) is 0. The fourth-order valence-electron chi connectivity index (χ4n) is 2.81. The minimum Gasteiger partial charge on any atom is -0.324 e. The number of nitrogens with zero attached hydrogens (tertiary/aromatic N) is 2. The van der Waals surface area contributed by atoms with Crippen LogP contribution in [0.3, 0.4) is 0 Å². The first-order valence-electron chi connectivity index (χ1n) is 6.62. The molecule has 0 saturated heterocycles. The van der Waals surface area contributed by atoms with Crippen LogP contribution in [-0.4, -0.2) is 23.8 Å². The Morgan fingerprint density at radius 3 is 2.58 bits per heavy atom. The van der Waals surface area contributed by atoms with Crippen molar-refractivity contribution in [3.63, 3.8) is 0 Å². The number of fused-ring (bicyclic) bond motifs is 3. The van der Waals surface area contributed by atoms with Crippen LogP contribution in [0.15, 0.2) is 59.6 Å². The van der Waals surface area contributed by atoms with E-state index < -0.39 is 0 Å². The minimum atomic E-state index is 0.883. The number of rotatable bonds is 1. The van der Waals surface area contributed by atoms with E-state index in [0.29, 0.717) is 0 Å². The Bertz CT molecular complexity index is 683. The maximum absolute atomic E-state index is 4.68. The fraction of sp³-hybridized carbons (Fsp3) is 0.118. The number of amidine groups is 1. The van der Waals surface area contributed by atoms with Gasteiger partial charge in [0, 0.05) is 12.1 Å². The molecule has 2 aromatic carbocycles. The highest BCUT2D eigenvalue weighted by Crippen LogP contribution is 2.32. The van der Waals surface area contributed by atoms with Crippen molar-refractivity contribution in [2.24, 2.45) is 4.99 Å². The Labute approximate surface area is 112 Å². The fourth-order valence-corrected chi connectivity index (χ4v) is 2.81. The molecule has 2 nitrogen and oxygen atoms in total. The van der Waals surface area contributed by atoms with Crippen LogP contribution in [0, 0.1) is 0 Å². The highest BCUT2D eigenvalue weighted by atomic mass is 15.3. The summed E-state index contributed by atoms with van der Waals surface area (Å²) in [5, 5.41) is 0. The molecule has 4 rings (SSSR count). The van der Waals surface area contributed by atoms with Gasteiger partial charge in [-0.05, 0) is 17.2 Å².